The minimum Gasteiger partial charge on any atom is -0.355 e. The highest BCUT2D eigenvalue weighted by atomic mass is 79.9. The third kappa shape index (κ3) is 7.97. The van der Waals surface area contributed by atoms with Gasteiger partial charge in [-0.2, -0.15) is 16.8 Å². The van der Waals surface area contributed by atoms with E-state index in [9.17, 15) is 25.9 Å². The summed E-state index contributed by atoms with van der Waals surface area (Å²) in [6.45, 7) is 8.04. The summed E-state index contributed by atoms with van der Waals surface area (Å²) in [5.74, 6) is -0.738. The molecule has 5 aromatic carbocycles. The molecular weight excluding hydrogens is 768 g/mol. The molecule has 12 heteroatoms. The predicted octanol–water partition coefficient (Wildman–Crippen LogP) is 9.61. The third-order valence-corrected chi connectivity index (χ3v) is 10.6. The number of rotatable bonds is 9. The molecule has 0 saturated heterocycles. The monoisotopic (exact) mass is 798 g/mol. The van der Waals surface area contributed by atoms with Crippen LogP contribution < -0.4 is 10.6 Å². The third-order valence-electron chi connectivity index (χ3n) is 7.89. The molecule has 47 heavy (non-hydrogen) atoms. The average Bonchev–Trinajstić information content (AvgIpc) is 2.97. The molecule has 0 saturated carbocycles. The van der Waals surface area contributed by atoms with Crippen LogP contribution in [0.4, 0.5) is 22.7 Å². The molecular formula is C35H32Br2N2O6S2. The minimum atomic E-state index is -4.91. The molecule has 0 atom stereocenters. The van der Waals surface area contributed by atoms with Crippen LogP contribution in [0.5, 0.6) is 0 Å². The highest BCUT2D eigenvalue weighted by Gasteiger charge is 2.27. The Bertz CT molecular complexity index is 2060. The van der Waals surface area contributed by atoms with Gasteiger partial charge in [0.25, 0.3) is 20.2 Å². The van der Waals surface area contributed by atoms with Crippen LogP contribution in [-0.4, -0.2) is 25.9 Å². The Morgan fingerprint density at radius 3 is 1.28 bits per heavy atom. The summed E-state index contributed by atoms with van der Waals surface area (Å²) >= 11 is 7.05. The Kier molecular flexibility index (Phi) is 10.0. The molecule has 0 bridgehead atoms. The first kappa shape index (κ1) is 34.8. The predicted molar refractivity (Wildman–Crippen MR) is 194 cm³/mol. The van der Waals surface area contributed by atoms with Crippen molar-refractivity contribution in [3.63, 3.8) is 0 Å². The topological polar surface area (TPSA) is 133 Å². The van der Waals surface area contributed by atoms with Gasteiger partial charge in [0.15, 0.2) is 0 Å². The standard InChI is InChI=1S/C35H32Br2N2O6S2/c1-20-15-26(36)16-21(2)34(20)38-28-9-5-24(6-10-28)33(31-14-13-30(46(40,41)42)19-32(31)47(43,44)45)25-7-11-29(12-8-25)39-35-22(3)17-27(37)18-23(35)4/h5-19,33,38-39H,1-4H3,(H,40,41,42)(H,43,44,45). The lowest BCUT2D eigenvalue weighted by Gasteiger charge is -2.23. The molecule has 244 valence electrons. The number of hydrogen-bond donors (Lipinski definition) is 4. The number of halogens is 2. The fourth-order valence-corrected chi connectivity index (χ4v) is 8.43. The maximum atomic E-state index is 12.6. The van der Waals surface area contributed by atoms with E-state index < -0.39 is 35.9 Å². The summed E-state index contributed by atoms with van der Waals surface area (Å²) in [4.78, 5) is -1.27. The zero-order valence-electron chi connectivity index (χ0n) is 25.8. The van der Waals surface area contributed by atoms with Crippen LogP contribution in [0.1, 0.15) is 44.9 Å². The van der Waals surface area contributed by atoms with Crippen molar-refractivity contribution in [2.45, 2.75) is 43.4 Å². The van der Waals surface area contributed by atoms with Gasteiger partial charge in [-0.3, -0.25) is 9.11 Å². The molecule has 4 N–H and O–H groups in total. The SMILES string of the molecule is Cc1cc(Br)cc(C)c1Nc1ccc(C(c2ccc(Nc3c(C)cc(Br)cc3C)cc2)c2ccc(S(=O)(=O)O)cc2S(=O)(=O)O)cc1. The van der Waals surface area contributed by atoms with Gasteiger partial charge in [0.2, 0.25) is 0 Å². The van der Waals surface area contributed by atoms with E-state index in [1.54, 1.807) is 0 Å². The van der Waals surface area contributed by atoms with E-state index in [2.05, 4.69) is 42.5 Å². The van der Waals surface area contributed by atoms with Crippen LogP contribution in [0, 0.1) is 27.7 Å². The maximum Gasteiger partial charge on any atom is 0.294 e. The van der Waals surface area contributed by atoms with Crippen molar-refractivity contribution in [2.24, 2.45) is 0 Å². The van der Waals surface area contributed by atoms with Crippen molar-refractivity contribution in [3.05, 3.63) is 139 Å². The molecule has 0 aliphatic carbocycles. The molecule has 0 aliphatic rings. The summed E-state index contributed by atoms with van der Waals surface area (Å²) in [5.41, 5.74) is 9.26. The van der Waals surface area contributed by atoms with Gasteiger partial charge in [-0.1, -0.05) is 62.2 Å². The highest BCUT2D eigenvalue weighted by Crippen LogP contribution is 2.39. The lowest BCUT2D eigenvalue weighted by molar-refractivity contribution is 0.480. The largest absolute Gasteiger partial charge is 0.355 e. The Morgan fingerprint density at radius 1 is 0.553 bits per heavy atom. The van der Waals surface area contributed by atoms with Crippen LogP contribution in [0.3, 0.4) is 0 Å². The van der Waals surface area contributed by atoms with Gasteiger partial charge in [-0.25, -0.2) is 0 Å². The normalized spacial score (nSPS) is 11.9. The van der Waals surface area contributed by atoms with Crippen LogP contribution in [0.25, 0.3) is 0 Å². The van der Waals surface area contributed by atoms with Crippen LogP contribution in [0.15, 0.2) is 110 Å². The molecule has 0 unspecified atom stereocenters. The summed E-state index contributed by atoms with van der Waals surface area (Å²) in [6.07, 6.45) is 0. The van der Waals surface area contributed by atoms with Crippen molar-refractivity contribution in [1.29, 1.82) is 0 Å². The van der Waals surface area contributed by atoms with Gasteiger partial charge in [0, 0.05) is 37.6 Å². The molecule has 0 radical (unpaired) electrons. The highest BCUT2D eigenvalue weighted by molar-refractivity contribution is 9.10. The Morgan fingerprint density at radius 2 is 0.936 bits per heavy atom. The summed E-state index contributed by atoms with van der Waals surface area (Å²) in [6, 6.07) is 26.2. The van der Waals surface area contributed by atoms with Crippen LogP contribution >= 0.6 is 31.9 Å². The lowest BCUT2D eigenvalue weighted by Crippen LogP contribution is -2.12. The molecule has 8 nitrogen and oxygen atoms in total. The fraction of sp³-hybridized carbons (Fsp3) is 0.143. The lowest BCUT2D eigenvalue weighted by atomic mass is 9.85. The molecule has 0 amide bonds. The summed E-state index contributed by atoms with van der Waals surface area (Å²) < 4.78 is 70.9. The van der Waals surface area contributed by atoms with E-state index in [1.165, 1.54) is 6.07 Å². The zero-order valence-corrected chi connectivity index (χ0v) is 30.6. The smallest absolute Gasteiger partial charge is 0.294 e. The van der Waals surface area contributed by atoms with Crippen molar-refractivity contribution < 1.29 is 25.9 Å². The van der Waals surface area contributed by atoms with E-state index in [-0.39, 0.29) is 5.56 Å². The molecule has 5 rings (SSSR count). The second-order valence-corrected chi connectivity index (χ2v) is 16.0. The van der Waals surface area contributed by atoms with Crippen molar-refractivity contribution in [1.82, 2.24) is 0 Å². The van der Waals surface area contributed by atoms with Gasteiger partial charge in [-0.05, 0) is 127 Å². The van der Waals surface area contributed by atoms with Gasteiger partial charge in [0.05, 0.1) is 9.79 Å². The van der Waals surface area contributed by atoms with Gasteiger partial charge >= 0.3 is 0 Å². The second-order valence-electron chi connectivity index (χ2n) is 11.4. The molecule has 5 aromatic rings. The molecule has 0 heterocycles. The number of nitrogens with one attached hydrogen (secondary N) is 2. The Balaban J connectivity index is 1.60. The first-order chi connectivity index (χ1) is 22.0. The molecule has 0 aliphatic heterocycles. The average molecular weight is 801 g/mol. The van der Waals surface area contributed by atoms with Gasteiger partial charge in [-0.15, -0.1) is 0 Å². The number of hydrogen-bond acceptors (Lipinski definition) is 6. The molecule has 0 aromatic heterocycles. The van der Waals surface area contributed by atoms with Crippen molar-refractivity contribution in [3.8, 4) is 0 Å². The molecule has 0 fully saturated rings. The fourth-order valence-electron chi connectivity index (χ4n) is 5.71. The van der Waals surface area contributed by atoms with E-state index in [0.717, 1.165) is 66.1 Å². The van der Waals surface area contributed by atoms with E-state index >= 15 is 0 Å². The zero-order chi connectivity index (χ0) is 34.3. The van der Waals surface area contributed by atoms with Crippen LogP contribution in [-0.2, 0) is 20.2 Å². The quantitative estimate of drug-likeness (QED) is 0.0857. The number of benzene rings is 5. The Hall–Kier alpha value is -3.52. The summed E-state index contributed by atoms with van der Waals surface area (Å²) in [7, 11) is -9.65. The Labute approximate surface area is 292 Å². The number of aryl methyl sites for hydroxylation is 4. The van der Waals surface area contributed by atoms with Gasteiger partial charge in [0.1, 0.15) is 0 Å². The van der Waals surface area contributed by atoms with Crippen LogP contribution in [0.2, 0.25) is 0 Å². The minimum absolute atomic E-state index is 0.139. The first-order valence-electron chi connectivity index (χ1n) is 14.4. The van der Waals surface area contributed by atoms with E-state index in [4.69, 9.17) is 0 Å². The van der Waals surface area contributed by atoms with E-state index in [0.29, 0.717) is 11.1 Å². The number of anilines is 4. The van der Waals surface area contributed by atoms with E-state index in [1.807, 2.05) is 100 Å². The molecule has 0 spiro atoms. The maximum absolute atomic E-state index is 12.6. The van der Waals surface area contributed by atoms with Crippen molar-refractivity contribution >= 4 is 74.8 Å². The first-order valence-corrected chi connectivity index (χ1v) is 18.8. The summed E-state index contributed by atoms with van der Waals surface area (Å²) in [5, 5.41) is 6.91. The second kappa shape index (κ2) is 13.5. The van der Waals surface area contributed by atoms with Gasteiger partial charge < -0.3 is 10.6 Å². The van der Waals surface area contributed by atoms with Crippen molar-refractivity contribution in [2.75, 3.05) is 10.6 Å².